The van der Waals surface area contributed by atoms with E-state index in [9.17, 15) is 9.18 Å². The zero-order chi connectivity index (χ0) is 19.8. The Bertz CT molecular complexity index is 1200. The van der Waals surface area contributed by atoms with Gasteiger partial charge in [-0.25, -0.2) is 9.37 Å². The lowest BCUT2D eigenvalue weighted by atomic mass is 10.1. The number of amides is 1. The summed E-state index contributed by atoms with van der Waals surface area (Å²) in [5.74, 6) is -0.528. The first kappa shape index (κ1) is 18.5. The third-order valence-electron chi connectivity index (χ3n) is 4.28. The maximum absolute atomic E-state index is 13.9. The number of aryl methyl sites for hydroxylation is 1. The highest BCUT2D eigenvalue weighted by Gasteiger charge is 2.19. The van der Waals surface area contributed by atoms with E-state index in [0.717, 1.165) is 5.39 Å². The van der Waals surface area contributed by atoms with Crippen LogP contribution in [0.4, 0.5) is 9.52 Å². The molecule has 0 aliphatic heterocycles. The average Bonchev–Trinajstić information content (AvgIpc) is 3.27. The molecule has 2 heterocycles. The number of carbonyl (C=O) groups is 1. The number of anilines is 1. The van der Waals surface area contributed by atoms with Gasteiger partial charge in [0.25, 0.3) is 5.91 Å². The van der Waals surface area contributed by atoms with E-state index < -0.39 is 11.7 Å². The molecule has 0 aliphatic carbocycles. The van der Waals surface area contributed by atoms with E-state index in [1.165, 1.54) is 30.6 Å². The van der Waals surface area contributed by atoms with Crippen LogP contribution in [-0.4, -0.2) is 18.0 Å². The number of halogens is 2. The molecule has 0 spiro atoms. The van der Waals surface area contributed by atoms with Crippen LogP contribution in [0, 0.1) is 12.7 Å². The van der Waals surface area contributed by atoms with Crippen LogP contribution in [0.2, 0.25) is 5.02 Å². The Morgan fingerprint density at radius 3 is 2.86 bits per heavy atom. The summed E-state index contributed by atoms with van der Waals surface area (Å²) in [5.41, 5.74) is 2.42. The van der Waals surface area contributed by atoms with Gasteiger partial charge in [-0.2, -0.15) is 0 Å². The summed E-state index contributed by atoms with van der Waals surface area (Å²) in [4.78, 5) is 17.0. The molecule has 1 amide bonds. The van der Waals surface area contributed by atoms with Gasteiger partial charge in [-0.3, -0.25) is 10.1 Å². The molecule has 2 aromatic carbocycles. The van der Waals surface area contributed by atoms with Gasteiger partial charge in [0, 0.05) is 26.9 Å². The molecule has 8 heteroatoms. The van der Waals surface area contributed by atoms with E-state index in [4.69, 9.17) is 20.8 Å². The van der Waals surface area contributed by atoms with Crippen LogP contribution in [0.25, 0.3) is 22.2 Å². The number of aromatic nitrogens is 1. The topological polar surface area (TPSA) is 64.4 Å². The number of nitrogens with zero attached hydrogens (tertiary/aromatic N) is 1. The molecule has 4 aromatic rings. The van der Waals surface area contributed by atoms with E-state index >= 15 is 0 Å². The van der Waals surface area contributed by atoms with Gasteiger partial charge in [0.2, 0.25) is 0 Å². The number of nitrogens with one attached hydrogen (secondary N) is 1. The first-order valence-electron chi connectivity index (χ1n) is 8.25. The van der Waals surface area contributed by atoms with E-state index in [-0.39, 0.29) is 11.5 Å². The summed E-state index contributed by atoms with van der Waals surface area (Å²) >= 11 is 7.25. The Kier molecular flexibility index (Phi) is 4.78. The minimum atomic E-state index is -0.477. The Balaban J connectivity index is 1.58. The molecule has 0 unspecified atom stereocenters. The molecule has 0 radical (unpaired) electrons. The SMILES string of the molecule is COc1ccc(-c2csc(NC(=O)c3oc4ccc(Cl)cc4c3C)n2)cc1F. The second-order valence-corrected chi connectivity index (χ2v) is 7.33. The zero-order valence-corrected chi connectivity index (χ0v) is 16.5. The van der Waals surface area contributed by atoms with Gasteiger partial charge in [-0.1, -0.05) is 11.6 Å². The number of ether oxygens (including phenoxy) is 1. The van der Waals surface area contributed by atoms with Crippen molar-refractivity contribution in [3.63, 3.8) is 0 Å². The summed E-state index contributed by atoms with van der Waals surface area (Å²) in [5, 5.41) is 6.20. The van der Waals surface area contributed by atoms with Gasteiger partial charge in [0.1, 0.15) is 5.58 Å². The molecule has 0 fully saturated rings. The lowest BCUT2D eigenvalue weighted by molar-refractivity contribution is 0.0998. The molecule has 0 bridgehead atoms. The van der Waals surface area contributed by atoms with Crippen molar-refractivity contribution in [3.05, 3.63) is 63.9 Å². The number of hydrogen-bond acceptors (Lipinski definition) is 5. The van der Waals surface area contributed by atoms with Gasteiger partial charge in [0.15, 0.2) is 22.5 Å². The van der Waals surface area contributed by atoms with Crippen molar-refractivity contribution in [2.45, 2.75) is 6.92 Å². The molecular formula is C20H14ClFN2O3S. The largest absolute Gasteiger partial charge is 0.494 e. The van der Waals surface area contributed by atoms with Crippen molar-refractivity contribution in [1.82, 2.24) is 4.98 Å². The van der Waals surface area contributed by atoms with E-state index in [0.29, 0.717) is 32.6 Å². The lowest BCUT2D eigenvalue weighted by Crippen LogP contribution is -2.11. The molecular weight excluding hydrogens is 403 g/mol. The Hall–Kier alpha value is -2.90. The number of hydrogen-bond donors (Lipinski definition) is 1. The quantitative estimate of drug-likeness (QED) is 0.448. The summed E-state index contributed by atoms with van der Waals surface area (Å²) in [6, 6.07) is 9.76. The van der Waals surface area contributed by atoms with Crippen molar-refractivity contribution in [2.75, 3.05) is 12.4 Å². The van der Waals surface area contributed by atoms with Crippen LogP contribution in [0.5, 0.6) is 5.75 Å². The maximum atomic E-state index is 13.9. The molecule has 28 heavy (non-hydrogen) atoms. The van der Waals surface area contributed by atoms with Gasteiger partial charge >= 0.3 is 0 Å². The number of methoxy groups -OCH3 is 1. The number of carbonyl (C=O) groups excluding carboxylic acids is 1. The van der Waals surface area contributed by atoms with Gasteiger partial charge < -0.3 is 9.15 Å². The second kappa shape index (κ2) is 7.26. The van der Waals surface area contributed by atoms with Gasteiger partial charge in [-0.15, -0.1) is 11.3 Å². The molecule has 4 rings (SSSR count). The van der Waals surface area contributed by atoms with Crippen LogP contribution in [0.3, 0.4) is 0 Å². The third kappa shape index (κ3) is 3.34. The van der Waals surface area contributed by atoms with E-state index in [2.05, 4.69) is 10.3 Å². The Morgan fingerprint density at radius 2 is 2.11 bits per heavy atom. The fourth-order valence-electron chi connectivity index (χ4n) is 2.85. The Morgan fingerprint density at radius 1 is 1.29 bits per heavy atom. The van der Waals surface area contributed by atoms with Crippen LogP contribution >= 0.6 is 22.9 Å². The van der Waals surface area contributed by atoms with Crippen molar-refractivity contribution in [2.24, 2.45) is 0 Å². The molecule has 0 aliphatic rings. The third-order valence-corrected chi connectivity index (χ3v) is 5.27. The number of furan rings is 1. The molecule has 0 saturated heterocycles. The number of thiazole rings is 1. The number of rotatable bonds is 4. The molecule has 1 N–H and O–H groups in total. The van der Waals surface area contributed by atoms with Crippen molar-refractivity contribution in [1.29, 1.82) is 0 Å². The fourth-order valence-corrected chi connectivity index (χ4v) is 3.74. The predicted molar refractivity (Wildman–Crippen MR) is 108 cm³/mol. The highest BCUT2D eigenvalue weighted by Crippen LogP contribution is 2.31. The van der Waals surface area contributed by atoms with Crippen molar-refractivity contribution in [3.8, 4) is 17.0 Å². The van der Waals surface area contributed by atoms with Crippen LogP contribution in [0.1, 0.15) is 16.1 Å². The minimum Gasteiger partial charge on any atom is -0.494 e. The standard InChI is InChI=1S/C20H14ClFN2O3S/c1-10-13-8-12(21)4-6-16(13)27-18(10)19(25)24-20-23-15(9-28-20)11-3-5-17(26-2)14(22)7-11/h3-9H,1-2H3,(H,23,24,25). The minimum absolute atomic E-state index is 0.160. The molecule has 2 aromatic heterocycles. The summed E-state index contributed by atoms with van der Waals surface area (Å²) in [6.45, 7) is 1.80. The number of benzene rings is 2. The Labute approximate surface area is 168 Å². The second-order valence-electron chi connectivity index (χ2n) is 6.04. The van der Waals surface area contributed by atoms with E-state index in [1.54, 1.807) is 36.6 Å². The molecule has 0 saturated carbocycles. The summed E-state index contributed by atoms with van der Waals surface area (Å²) in [6.07, 6.45) is 0. The monoisotopic (exact) mass is 416 g/mol. The fraction of sp³-hybridized carbons (Fsp3) is 0.100. The van der Waals surface area contributed by atoms with Gasteiger partial charge in [0.05, 0.1) is 12.8 Å². The van der Waals surface area contributed by atoms with Crippen LogP contribution < -0.4 is 10.1 Å². The maximum Gasteiger partial charge on any atom is 0.293 e. The van der Waals surface area contributed by atoms with Gasteiger partial charge in [-0.05, 0) is 43.3 Å². The number of fused-ring (bicyclic) bond motifs is 1. The van der Waals surface area contributed by atoms with E-state index in [1.807, 2.05) is 0 Å². The average molecular weight is 417 g/mol. The zero-order valence-electron chi connectivity index (χ0n) is 14.9. The molecule has 5 nitrogen and oxygen atoms in total. The first-order chi connectivity index (χ1) is 13.5. The molecule has 142 valence electrons. The first-order valence-corrected chi connectivity index (χ1v) is 9.51. The normalized spacial score (nSPS) is 11.0. The van der Waals surface area contributed by atoms with Crippen LogP contribution in [-0.2, 0) is 0 Å². The van der Waals surface area contributed by atoms with Crippen molar-refractivity contribution < 1.29 is 18.3 Å². The van der Waals surface area contributed by atoms with Crippen molar-refractivity contribution >= 4 is 44.9 Å². The smallest absolute Gasteiger partial charge is 0.293 e. The highest BCUT2D eigenvalue weighted by atomic mass is 35.5. The molecule has 0 atom stereocenters. The predicted octanol–water partition coefficient (Wildman–Crippen LogP) is 5.92. The summed E-state index contributed by atoms with van der Waals surface area (Å²) in [7, 11) is 1.41. The van der Waals surface area contributed by atoms with Crippen LogP contribution in [0.15, 0.2) is 46.2 Å². The highest BCUT2D eigenvalue weighted by molar-refractivity contribution is 7.14. The lowest BCUT2D eigenvalue weighted by Gasteiger charge is -2.03. The summed E-state index contributed by atoms with van der Waals surface area (Å²) < 4.78 is 24.5.